The molecular weight excluding hydrogens is 815 g/mol. The lowest BCUT2D eigenvalue weighted by molar-refractivity contribution is -0.302. The van der Waals surface area contributed by atoms with Gasteiger partial charge in [-0.25, -0.2) is 0 Å². The molecule has 1 fully saturated rings. The van der Waals surface area contributed by atoms with E-state index >= 15 is 0 Å². The van der Waals surface area contributed by atoms with Crippen LogP contribution in [-0.4, -0.2) is 87.5 Å². The number of allylic oxidation sites excluding steroid dienone is 19. The second-order valence-electron chi connectivity index (χ2n) is 16.9. The fourth-order valence-corrected chi connectivity index (χ4v) is 7.04. The number of unbranched alkanes of at least 4 members (excludes halogenated alkanes) is 12. The van der Waals surface area contributed by atoms with Crippen molar-refractivity contribution in [3.63, 3.8) is 0 Å². The molecule has 0 radical (unpaired) electrons. The highest BCUT2D eigenvalue weighted by Crippen LogP contribution is 2.22. The third-order valence-electron chi connectivity index (χ3n) is 11.0. The van der Waals surface area contributed by atoms with Crippen molar-refractivity contribution in [2.45, 2.75) is 211 Å². The van der Waals surface area contributed by atoms with Crippen LogP contribution in [0.25, 0.3) is 0 Å². The molecule has 0 saturated carbocycles. The largest absolute Gasteiger partial charge is 0.394 e. The summed E-state index contributed by atoms with van der Waals surface area (Å²) in [4.78, 5) is 12.8. The standard InChI is InChI=1S/C56H91NO8/c1-3-5-7-8-9-10-11-12-13-14-15-16-17-18-19-20-21-22-23-24-25-26-27-28-29-30-31-32-33-34-35-36-37-38-39-40-41-42-44-46-52(60)57-49(50(59)45-43-6-4-2)48-64-56-55(63)54(62)53(61)51(47-58)65-56/h5,7,9-10,12-13,15-16,18-19,21-22,24-25,27-28,30-31,43,45,49-51,53-56,58-59,61-63H,3-4,6,8,11,14,17,20,23,26,29,32-42,44,46-48H2,1-2H3,(H,57,60)/b7-5-,10-9-,13-12-,16-15-,19-18-,22-21-,25-24-,28-27-,31-30-,45-43+. The lowest BCUT2D eigenvalue weighted by Gasteiger charge is -2.40. The molecule has 0 bridgehead atoms. The number of hydrogen-bond acceptors (Lipinski definition) is 8. The Morgan fingerprint density at radius 2 is 0.954 bits per heavy atom. The van der Waals surface area contributed by atoms with Gasteiger partial charge < -0.3 is 40.3 Å². The van der Waals surface area contributed by atoms with Gasteiger partial charge in [-0.05, 0) is 83.5 Å². The van der Waals surface area contributed by atoms with E-state index in [2.05, 4.69) is 122 Å². The first kappa shape index (κ1) is 59.6. The normalized spacial score (nSPS) is 21.0. The maximum Gasteiger partial charge on any atom is 0.220 e. The molecule has 0 aromatic rings. The molecule has 0 aromatic heterocycles. The van der Waals surface area contributed by atoms with E-state index in [0.717, 1.165) is 103 Å². The second-order valence-corrected chi connectivity index (χ2v) is 16.9. The molecule has 1 rings (SSSR count). The molecule has 1 aliphatic heterocycles. The summed E-state index contributed by atoms with van der Waals surface area (Å²) in [5.74, 6) is -0.199. The van der Waals surface area contributed by atoms with E-state index in [0.29, 0.717) is 6.42 Å². The summed E-state index contributed by atoms with van der Waals surface area (Å²) in [5, 5.41) is 53.4. The van der Waals surface area contributed by atoms with Gasteiger partial charge >= 0.3 is 0 Å². The van der Waals surface area contributed by atoms with Crippen LogP contribution in [0.2, 0.25) is 0 Å². The minimum atomic E-state index is -1.57. The summed E-state index contributed by atoms with van der Waals surface area (Å²) in [6.07, 6.45) is 60.8. The van der Waals surface area contributed by atoms with Crippen molar-refractivity contribution in [1.82, 2.24) is 5.32 Å². The predicted molar refractivity (Wildman–Crippen MR) is 271 cm³/mol. The maximum absolute atomic E-state index is 12.8. The smallest absolute Gasteiger partial charge is 0.220 e. The average molecular weight is 906 g/mol. The Bertz CT molecular complexity index is 1420. The Morgan fingerprint density at radius 3 is 1.38 bits per heavy atom. The molecule has 9 heteroatoms. The Labute approximate surface area is 395 Å². The first-order valence-corrected chi connectivity index (χ1v) is 25.3. The van der Waals surface area contributed by atoms with Gasteiger partial charge in [0.15, 0.2) is 6.29 Å². The number of nitrogens with one attached hydrogen (secondary N) is 1. The Hall–Kier alpha value is -3.41. The number of amides is 1. The molecule has 7 atom stereocenters. The molecule has 1 saturated heterocycles. The van der Waals surface area contributed by atoms with Crippen LogP contribution in [0, 0.1) is 0 Å². The average Bonchev–Trinajstić information content (AvgIpc) is 3.30. The number of rotatable bonds is 40. The van der Waals surface area contributed by atoms with E-state index in [1.54, 1.807) is 6.08 Å². The van der Waals surface area contributed by atoms with Crippen LogP contribution in [0.1, 0.15) is 168 Å². The van der Waals surface area contributed by atoms with Crippen LogP contribution in [0.15, 0.2) is 122 Å². The lowest BCUT2D eigenvalue weighted by atomic mass is 9.99. The third-order valence-corrected chi connectivity index (χ3v) is 11.0. The van der Waals surface area contributed by atoms with Gasteiger partial charge in [-0.3, -0.25) is 4.79 Å². The van der Waals surface area contributed by atoms with Gasteiger partial charge in [-0.2, -0.15) is 0 Å². The van der Waals surface area contributed by atoms with Crippen LogP contribution in [0.5, 0.6) is 0 Å². The van der Waals surface area contributed by atoms with Crippen molar-refractivity contribution in [1.29, 1.82) is 0 Å². The molecule has 1 heterocycles. The van der Waals surface area contributed by atoms with Gasteiger partial charge in [0.25, 0.3) is 0 Å². The van der Waals surface area contributed by atoms with Crippen LogP contribution in [0.4, 0.5) is 0 Å². The van der Waals surface area contributed by atoms with Crippen molar-refractivity contribution in [3.8, 4) is 0 Å². The third kappa shape index (κ3) is 34.5. The zero-order valence-corrected chi connectivity index (χ0v) is 40.4. The summed E-state index contributed by atoms with van der Waals surface area (Å²) in [6.45, 7) is 3.41. The first-order chi connectivity index (χ1) is 31.8. The molecule has 1 amide bonds. The van der Waals surface area contributed by atoms with Gasteiger partial charge in [-0.15, -0.1) is 0 Å². The molecular formula is C56H91NO8. The summed E-state index contributed by atoms with van der Waals surface area (Å²) in [6, 6.07) is -0.809. The summed E-state index contributed by atoms with van der Waals surface area (Å²) in [5.41, 5.74) is 0. The van der Waals surface area contributed by atoms with Crippen LogP contribution < -0.4 is 5.32 Å². The minimum Gasteiger partial charge on any atom is -0.394 e. The molecule has 0 spiro atoms. The van der Waals surface area contributed by atoms with Crippen LogP contribution in [-0.2, 0) is 14.3 Å². The fraction of sp³-hybridized carbons (Fsp3) is 0.625. The number of carbonyl (C=O) groups is 1. The van der Waals surface area contributed by atoms with E-state index in [-0.39, 0.29) is 12.5 Å². The topological polar surface area (TPSA) is 149 Å². The van der Waals surface area contributed by atoms with Crippen LogP contribution >= 0.6 is 0 Å². The van der Waals surface area contributed by atoms with Crippen molar-refractivity contribution in [2.75, 3.05) is 13.2 Å². The highest BCUT2D eigenvalue weighted by atomic mass is 16.7. The fourth-order valence-electron chi connectivity index (χ4n) is 7.04. The van der Waals surface area contributed by atoms with Crippen molar-refractivity contribution in [3.05, 3.63) is 122 Å². The number of ether oxygens (including phenoxy) is 2. The van der Waals surface area contributed by atoms with E-state index in [1.165, 1.54) is 44.9 Å². The summed E-state index contributed by atoms with van der Waals surface area (Å²) in [7, 11) is 0. The molecule has 0 aromatic carbocycles. The van der Waals surface area contributed by atoms with E-state index in [9.17, 15) is 30.3 Å². The van der Waals surface area contributed by atoms with Crippen molar-refractivity contribution in [2.24, 2.45) is 0 Å². The molecule has 0 aliphatic carbocycles. The second kappa shape index (κ2) is 44.4. The van der Waals surface area contributed by atoms with E-state index < -0.39 is 49.5 Å². The van der Waals surface area contributed by atoms with Gasteiger partial charge in [0.1, 0.15) is 24.4 Å². The van der Waals surface area contributed by atoms with Crippen molar-refractivity contribution < 1.29 is 39.8 Å². The number of carbonyl (C=O) groups excluding carboxylic acids is 1. The number of hydrogen-bond donors (Lipinski definition) is 6. The van der Waals surface area contributed by atoms with Crippen LogP contribution in [0.3, 0.4) is 0 Å². The lowest BCUT2D eigenvalue weighted by Crippen LogP contribution is -2.60. The zero-order valence-electron chi connectivity index (χ0n) is 40.4. The van der Waals surface area contributed by atoms with Gasteiger partial charge in [0, 0.05) is 6.42 Å². The molecule has 9 nitrogen and oxygen atoms in total. The Balaban J connectivity index is 2.01. The highest BCUT2D eigenvalue weighted by molar-refractivity contribution is 5.76. The van der Waals surface area contributed by atoms with Gasteiger partial charge in [0.2, 0.25) is 5.91 Å². The van der Waals surface area contributed by atoms with Crippen molar-refractivity contribution >= 4 is 5.91 Å². The minimum absolute atomic E-state index is 0.199. The summed E-state index contributed by atoms with van der Waals surface area (Å²) < 4.78 is 11.1. The SMILES string of the molecule is CC/C=C\C/C=C\C/C=C\C/C=C\C/C=C\C/C=C\C/C=C\C/C=C\C/C=C\CCCCCCCCCCCCCC(=O)NC(COC1OC(CO)C(O)C(O)C1O)C(O)/C=C/CCC. The monoisotopic (exact) mass is 906 g/mol. The maximum atomic E-state index is 12.8. The highest BCUT2D eigenvalue weighted by Gasteiger charge is 2.44. The zero-order chi connectivity index (χ0) is 47.3. The van der Waals surface area contributed by atoms with Gasteiger partial charge in [-0.1, -0.05) is 200 Å². The molecule has 1 aliphatic rings. The predicted octanol–water partition coefficient (Wildman–Crippen LogP) is 11.6. The summed E-state index contributed by atoms with van der Waals surface area (Å²) >= 11 is 0. The molecule has 65 heavy (non-hydrogen) atoms. The molecule has 6 N–H and O–H groups in total. The quantitative estimate of drug-likeness (QED) is 0.0263. The first-order valence-electron chi connectivity index (χ1n) is 25.3. The number of aliphatic hydroxyl groups is 5. The Kier molecular flexibility index (Phi) is 40.7. The van der Waals surface area contributed by atoms with E-state index in [1.807, 2.05) is 13.0 Å². The number of aliphatic hydroxyl groups excluding tert-OH is 5. The van der Waals surface area contributed by atoms with E-state index in [4.69, 9.17) is 9.47 Å². The van der Waals surface area contributed by atoms with Gasteiger partial charge in [0.05, 0.1) is 25.4 Å². The Morgan fingerprint density at radius 1 is 0.538 bits per heavy atom. The molecule has 7 unspecified atom stereocenters. The molecule has 368 valence electrons.